The van der Waals surface area contributed by atoms with E-state index in [0.29, 0.717) is 12.1 Å². The zero-order chi connectivity index (χ0) is 12.0. The smallest absolute Gasteiger partial charge is 0.103 e. The number of nitrogens with one attached hydrogen (secondary N) is 1. The predicted molar refractivity (Wildman–Crippen MR) is 67.6 cm³/mol. The van der Waals surface area contributed by atoms with Gasteiger partial charge in [0, 0.05) is 25.0 Å². The van der Waals surface area contributed by atoms with Crippen molar-refractivity contribution in [2.24, 2.45) is 0 Å². The van der Waals surface area contributed by atoms with E-state index in [1.165, 1.54) is 0 Å². The van der Waals surface area contributed by atoms with Crippen LogP contribution < -0.4 is 5.32 Å². The highest BCUT2D eigenvalue weighted by molar-refractivity contribution is 4.98. The third-order valence-corrected chi connectivity index (χ3v) is 3.05. The molecule has 0 aliphatic carbocycles. The summed E-state index contributed by atoms with van der Waals surface area (Å²) in [7, 11) is 4.22. The molecular weight excluding hydrogens is 200 g/mol. The van der Waals surface area contributed by atoms with Gasteiger partial charge in [0.2, 0.25) is 0 Å². The van der Waals surface area contributed by atoms with Gasteiger partial charge in [0.15, 0.2) is 0 Å². The van der Waals surface area contributed by atoms with Crippen molar-refractivity contribution in [3.8, 4) is 0 Å². The summed E-state index contributed by atoms with van der Waals surface area (Å²) in [6.07, 6.45) is 3.87. The van der Waals surface area contributed by atoms with Crippen molar-refractivity contribution in [2.45, 2.75) is 38.8 Å². The summed E-state index contributed by atoms with van der Waals surface area (Å²) in [4.78, 5) is 2.23. The molecule has 0 saturated carbocycles. The Morgan fingerprint density at radius 1 is 1.38 bits per heavy atom. The van der Waals surface area contributed by atoms with Crippen molar-refractivity contribution in [1.29, 1.82) is 0 Å². The van der Waals surface area contributed by atoms with Crippen molar-refractivity contribution < 1.29 is 4.42 Å². The topological polar surface area (TPSA) is 28.4 Å². The molecule has 1 heterocycles. The molecule has 1 aromatic rings. The van der Waals surface area contributed by atoms with Crippen LogP contribution in [0.2, 0.25) is 0 Å². The Balaban J connectivity index is 2.13. The SMILES string of the molecule is CC(CCc1ccco1)NCC(C)N(C)C. The summed E-state index contributed by atoms with van der Waals surface area (Å²) in [6, 6.07) is 5.09. The highest BCUT2D eigenvalue weighted by Gasteiger charge is 2.07. The van der Waals surface area contributed by atoms with Crippen LogP contribution in [0, 0.1) is 0 Å². The van der Waals surface area contributed by atoms with Crippen LogP contribution in [-0.2, 0) is 6.42 Å². The monoisotopic (exact) mass is 224 g/mol. The molecular formula is C13H24N2O. The van der Waals surface area contributed by atoms with Gasteiger partial charge in [-0.3, -0.25) is 0 Å². The largest absolute Gasteiger partial charge is 0.469 e. The van der Waals surface area contributed by atoms with Crippen LogP contribution in [0.25, 0.3) is 0 Å². The minimum Gasteiger partial charge on any atom is -0.469 e. The van der Waals surface area contributed by atoms with Gasteiger partial charge in [0.05, 0.1) is 6.26 Å². The van der Waals surface area contributed by atoms with E-state index in [9.17, 15) is 0 Å². The molecule has 16 heavy (non-hydrogen) atoms. The number of furan rings is 1. The Kier molecular flexibility index (Phi) is 5.56. The Labute approximate surface area is 98.8 Å². The zero-order valence-electron chi connectivity index (χ0n) is 10.9. The van der Waals surface area contributed by atoms with Gasteiger partial charge in [0.1, 0.15) is 5.76 Å². The van der Waals surface area contributed by atoms with E-state index in [-0.39, 0.29) is 0 Å². The lowest BCUT2D eigenvalue weighted by atomic mass is 10.1. The van der Waals surface area contributed by atoms with Gasteiger partial charge in [-0.1, -0.05) is 0 Å². The van der Waals surface area contributed by atoms with Crippen LogP contribution in [0.15, 0.2) is 22.8 Å². The Morgan fingerprint density at radius 2 is 2.12 bits per heavy atom. The highest BCUT2D eigenvalue weighted by atomic mass is 16.3. The average Bonchev–Trinajstić information content (AvgIpc) is 2.75. The average molecular weight is 224 g/mol. The molecule has 0 aliphatic rings. The summed E-state index contributed by atoms with van der Waals surface area (Å²) in [5.74, 6) is 1.08. The fraction of sp³-hybridized carbons (Fsp3) is 0.692. The Morgan fingerprint density at radius 3 is 2.69 bits per heavy atom. The second kappa shape index (κ2) is 6.71. The standard InChI is InChI=1S/C13H24N2O/c1-11(14-10-12(2)15(3)4)7-8-13-6-5-9-16-13/h5-6,9,11-12,14H,7-8,10H2,1-4H3. The Bertz CT molecular complexity index is 269. The first kappa shape index (κ1) is 13.3. The maximum absolute atomic E-state index is 5.31. The van der Waals surface area contributed by atoms with Crippen LogP contribution in [0.1, 0.15) is 26.0 Å². The molecule has 1 N–H and O–H groups in total. The highest BCUT2D eigenvalue weighted by Crippen LogP contribution is 2.05. The van der Waals surface area contributed by atoms with Crippen LogP contribution in [0.4, 0.5) is 0 Å². The van der Waals surface area contributed by atoms with Gasteiger partial charge >= 0.3 is 0 Å². The van der Waals surface area contributed by atoms with Crippen molar-refractivity contribution in [1.82, 2.24) is 10.2 Å². The molecule has 0 amide bonds. The molecule has 0 aromatic carbocycles. The normalized spacial score (nSPS) is 15.3. The van der Waals surface area contributed by atoms with E-state index in [1.54, 1.807) is 6.26 Å². The van der Waals surface area contributed by atoms with Gasteiger partial charge < -0.3 is 14.6 Å². The van der Waals surface area contributed by atoms with E-state index >= 15 is 0 Å². The quantitative estimate of drug-likeness (QED) is 0.769. The lowest BCUT2D eigenvalue weighted by Crippen LogP contribution is -2.39. The summed E-state index contributed by atoms with van der Waals surface area (Å²) in [5.41, 5.74) is 0. The first-order chi connectivity index (χ1) is 7.59. The summed E-state index contributed by atoms with van der Waals surface area (Å²) < 4.78 is 5.31. The summed E-state index contributed by atoms with van der Waals surface area (Å²) in [5, 5.41) is 3.54. The molecule has 0 spiro atoms. The number of rotatable bonds is 7. The van der Waals surface area contributed by atoms with Crippen molar-refractivity contribution in [3.63, 3.8) is 0 Å². The molecule has 1 aromatic heterocycles. The van der Waals surface area contributed by atoms with Crippen molar-refractivity contribution in [3.05, 3.63) is 24.2 Å². The molecule has 0 saturated heterocycles. The van der Waals surface area contributed by atoms with Gasteiger partial charge in [0.25, 0.3) is 0 Å². The fourth-order valence-corrected chi connectivity index (χ4v) is 1.47. The van der Waals surface area contributed by atoms with Gasteiger partial charge in [-0.15, -0.1) is 0 Å². The third-order valence-electron chi connectivity index (χ3n) is 3.05. The lowest BCUT2D eigenvalue weighted by Gasteiger charge is -2.22. The van der Waals surface area contributed by atoms with E-state index in [1.807, 2.05) is 12.1 Å². The molecule has 0 aliphatic heterocycles. The minimum atomic E-state index is 0.535. The minimum absolute atomic E-state index is 0.535. The first-order valence-corrected chi connectivity index (χ1v) is 6.01. The molecule has 3 heteroatoms. The van der Waals surface area contributed by atoms with E-state index in [2.05, 4.69) is 38.2 Å². The number of nitrogens with zero attached hydrogens (tertiary/aromatic N) is 1. The fourth-order valence-electron chi connectivity index (χ4n) is 1.47. The molecule has 1 rings (SSSR count). The summed E-state index contributed by atoms with van der Waals surface area (Å²) in [6.45, 7) is 5.49. The second-order valence-electron chi connectivity index (χ2n) is 4.74. The van der Waals surface area contributed by atoms with Crippen LogP contribution in [0.3, 0.4) is 0 Å². The van der Waals surface area contributed by atoms with E-state index in [0.717, 1.165) is 25.1 Å². The van der Waals surface area contributed by atoms with Gasteiger partial charge in [-0.05, 0) is 46.5 Å². The number of likely N-dealkylation sites (N-methyl/N-ethyl adjacent to an activating group) is 1. The second-order valence-corrected chi connectivity index (χ2v) is 4.74. The van der Waals surface area contributed by atoms with Crippen LogP contribution >= 0.6 is 0 Å². The Hall–Kier alpha value is -0.800. The van der Waals surface area contributed by atoms with E-state index in [4.69, 9.17) is 4.42 Å². The van der Waals surface area contributed by atoms with Crippen molar-refractivity contribution >= 4 is 0 Å². The molecule has 0 radical (unpaired) electrons. The van der Waals surface area contributed by atoms with Gasteiger partial charge in [-0.2, -0.15) is 0 Å². The molecule has 2 unspecified atom stereocenters. The maximum atomic E-state index is 5.31. The summed E-state index contributed by atoms with van der Waals surface area (Å²) >= 11 is 0. The number of hydrogen-bond donors (Lipinski definition) is 1. The lowest BCUT2D eigenvalue weighted by molar-refractivity contribution is 0.292. The maximum Gasteiger partial charge on any atom is 0.103 e. The molecule has 2 atom stereocenters. The first-order valence-electron chi connectivity index (χ1n) is 6.01. The van der Waals surface area contributed by atoms with Gasteiger partial charge in [-0.25, -0.2) is 0 Å². The predicted octanol–water partition coefficient (Wildman–Crippen LogP) is 2.14. The molecule has 92 valence electrons. The van der Waals surface area contributed by atoms with E-state index < -0.39 is 0 Å². The number of aryl methyl sites for hydroxylation is 1. The molecule has 3 nitrogen and oxygen atoms in total. The third kappa shape index (κ3) is 4.81. The van der Waals surface area contributed by atoms with Crippen molar-refractivity contribution in [2.75, 3.05) is 20.6 Å². The zero-order valence-corrected chi connectivity index (χ0v) is 10.9. The molecule has 0 bridgehead atoms. The van der Waals surface area contributed by atoms with Crippen LogP contribution in [-0.4, -0.2) is 37.6 Å². The number of hydrogen-bond acceptors (Lipinski definition) is 3. The van der Waals surface area contributed by atoms with Crippen LogP contribution in [0.5, 0.6) is 0 Å². The molecule has 0 fully saturated rings.